The molecule has 0 radical (unpaired) electrons. The molecule has 0 aliphatic rings. The van der Waals surface area contributed by atoms with Gasteiger partial charge in [-0.05, 0) is 13.3 Å². The number of aromatic nitrogens is 2. The van der Waals surface area contributed by atoms with Crippen molar-refractivity contribution in [2.45, 2.75) is 30.5 Å². The van der Waals surface area contributed by atoms with E-state index in [-0.39, 0.29) is 10.7 Å². The monoisotopic (exact) mass is 230 g/mol. The summed E-state index contributed by atoms with van der Waals surface area (Å²) in [4.78, 5) is 18.1. The van der Waals surface area contributed by atoms with Crippen molar-refractivity contribution in [3.05, 3.63) is 17.8 Å². The van der Waals surface area contributed by atoms with Crippen molar-refractivity contribution in [1.29, 1.82) is 0 Å². The lowest BCUT2D eigenvalue weighted by Gasteiger charge is -2.09. The van der Waals surface area contributed by atoms with E-state index in [1.165, 1.54) is 13.3 Å². The smallest absolute Gasteiger partial charge is 0.317 e. The second-order valence-electron chi connectivity index (χ2n) is 2.93. The zero-order valence-corrected chi connectivity index (χ0v) is 9.21. The molecule has 0 saturated heterocycles. The van der Waals surface area contributed by atoms with Crippen molar-refractivity contribution in [2.24, 2.45) is 0 Å². The summed E-state index contributed by atoms with van der Waals surface area (Å²) in [7, 11) is 0. The molecule has 0 fully saturated rings. The normalized spacial score (nSPS) is 12.5. The lowest BCUT2D eigenvalue weighted by atomic mass is 10.3. The van der Waals surface area contributed by atoms with Gasteiger partial charge in [0, 0.05) is 0 Å². The van der Waals surface area contributed by atoms with Crippen LogP contribution in [0.15, 0.2) is 11.4 Å². The Balaban J connectivity index is 2.88. The van der Waals surface area contributed by atoms with E-state index < -0.39 is 17.0 Å². The summed E-state index contributed by atoms with van der Waals surface area (Å²) in [6, 6.07) is 0. The van der Waals surface area contributed by atoms with Gasteiger partial charge in [-0.3, -0.25) is 4.79 Å². The number of halogens is 1. The topological polar surface area (TPSA) is 63.1 Å². The van der Waals surface area contributed by atoms with E-state index in [1.807, 2.05) is 0 Å². The average molecular weight is 230 g/mol. The molecule has 1 aromatic heterocycles. The minimum absolute atomic E-state index is 0.0942. The number of rotatable bonds is 4. The fourth-order valence-corrected chi connectivity index (χ4v) is 1.86. The number of hydrogen-bond acceptors (Lipinski definition) is 4. The lowest BCUT2D eigenvalue weighted by Crippen LogP contribution is -2.15. The molecule has 1 unspecified atom stereocenters. The van der Waals surface area contributed by atoms with Crippen molar-refractivity contribution in [2.75, 3.05) is 0 Å². The van der Waals surface area contributed by atoms with Gasteiger partial charge in [-0.2, -0.15) is 0 Å². The third kappa shape index (κ3) is 2.89. The Labute approximate surface area is 90.9 Å². The molecule has 0 bridgehead atoms. The van der Waals surface area contributed by atoms with Crippen LogP contribution in [-0.4, -0.2) is 26.3 Å². The van der Waals surface area contributed by atoms with E-state index in [9.17, 15) is 9.18 Å². The van der Waals surface area contributed by atoms with Gasteiger partial charge >= 0.3 is 5.97 Å². The maximum atomic E-state index is 13.4. The first-order valence-corrected chi connectivity index (χ1v) is 5.30. The van der Waals surface area contributed by atoms with E-state index in [4.69, 9.17) is 5.11 Å². The molecule has 0 aliphatic carbocycles. The Bertz CT molecular complexity index is 373. The first-order chi connectivity index (χ1) is 7.06. The summed E-state index contributed by atoms with van der Waals surface area (Å²) in [5, 5.41) is 8.23. The molecule has 1 aromatic rings. The molecule has 0 spiro atoms. The largest absolute Gasteiger partial charge is 0.480 e. The quantitative estimate of drug-likeness (QED) is 0.632. The highest BCUT2D eigenvalue weighted by Gasteiger charge is 2.20. The molecule has 1 atom stereocenters. The highest BCUT2D eigenvalue weighted by atomic mass is 32.2. The number of carboxylic acid groups (broad SMARTS) is 1. The van der Waals surface area contributed by atoms with E-state index in [2.05, 4.69) is 9.97 Å². The molecule has 1 rings (SSSR count). The summed E-state index contributed by atoms with van der Waals surface area (Å²) in [6.45, 7) is 3.25. The van der Waals surface area contributed by atoms with Crippen LogP contribution in [-0.2, 0) is 4.79 Å². The SMILES string of the molecule is CCC(Sc1ncnc(C)c1F)C(=O)O. The van der Waals surface area contributed by atoms with Crippen LogP contribution in [0.5, 0.6) is 0 Å². The Kier molecular flexibility index (Phi) is 4.02. The van der Waals surface area contributed by atoms with Crippen LogP contribution >= 0.6 is 11.8 Å². The van der Waals surface area contributed by atoms with Gasteiger partial charge in [-0.1, -0.05) is 18.7 Å². The summed E-state index contributed by atoms with van der Waals surface area (Å²) in [5.41, 5.74) is 0.229. The predicted molar refractivity (Wildman–Crippen MR) is 54.3 cm³/mol. The van der Waals surface area contributed by atoms with Crippen LogP contribution in [0.1, 0.15) is 19.0 Å². The molecular formula is C9H11FN2O2S. The zero-order chi connectivity index (χ0) is 11.4. The summed E-state index contributed by atoms with van der Waals surface area (Å²) < 4.78 is 13.4. The Morgan fingerprint density at radius 1 is 1.67 bits per heavy atom. The molecule has 0 amide bonds. The van der Waals surface area contributed by atoms with Crippen molar-refractivity contribution < 1.29 is 14.3 Å². The molecular weight excluding hydrogens is 219 g/mol. The number of thioether (sulfide) groups is 1. The van der Waals surface area contributed by atoms with Gasteiger partial charge in [-0.15, -0.1) is 0 Å². The van der Waals surface area contributed by atoms with Crippen LogP contribution < -0.4 is 0 Å². The minimum atomic E-state index is -0.960. The standard InChI is InChI=1S/C9H11FN2O2S/c1-3-6(9(13)14)15-8-7(10)5(2)11-4-12-8/h4,6H,3H2,1-2H3,(H,13,14). The Hall–Kier alpha value is -1.17. The minimum Gasteiger partial charge on any atom is -0.480 e. The van der Waals surface area contributed by atoms with Crippen LogP contribution in [0.3, 0.4) is 0 Å². The first kappa shape index (κ1) is 11.9. The second kappa shape index (κ2) is 5.06. The molecule has 0 aromatic carbocycles. The van der Waals surface area contributed by atoms with Gasteiger partial charge < -0.3 is 5.11 Å². The maximum Gasteiger partial charge on any atom is 0.317 e. The molecule has 4 nitrogen and oxygen atoms in total. The fourth-order valence-electron chi connectivity index (χ4n) is 0.961. The molecule has 1 heterocycles. The summed E-state index contributed by atoms with van der Waals surface area (Å²) in [6.07, 6.45) is 1.65. The zero-order valence-electron chi connectivity index (χ0n) is 8.40. The van der Waals surface area contributed by atoms with Gasteiger partial charge in [0.15, 0.2) is 5.82 Å². The molecule has 6 heteroatoms. The van der Waals surface area contributed by atoms with E-state index in [1.54, 1.807) is 6.92 Å². The van der Waals surface area contributed by atoms with Gasteiger partial charge in [0.1, 0.15) is 16.6 Å². The number of hydrogen-bond donors (Lipinski definition) is 1. The lowest BCUT2D eigenvalue weighted by molar-refractivity contribution is -0.136. The van der Waals surface area contributed by atoms with E-state index in [0.717, 1.165) is 11.8 Å². The van der Waals surface area contributed by atoms with Gasteiger partial charge in [0.05, 0.1) is 5.69 Å². The maximum absolute atomic E-state index is 13.4. The third-order valence-electron chi connectivity index (χ3n) is 1.83. The molecule has 15 heavy (non-hydrogen) atoms. The van der Waals surface area contributed by atoms with Crippen LogP contribution in [0.2, 0.25) is 0 Å². The highest BCUT2D eigenvalue weighted by molar-refractivity contribution is 8.00. The van der Waals surface area contributed by atoms with Crippen molar-refractivity contribution >= 4 is 17.7 Å². The number of nitrogens with zero attached hydrogens (tertiary/aromatic N) is 2. The second-order valence-corrected chi connectivity index (χ2v) is 4.12. The van der Waals surface area contributed by atoms with Crippen molar-refractivity contribution in [1.82, 2.24) is 9.97 Å². The molecule has 82 valence electrons. The average Bonchev–Trinajstić information content (AvgIpc) is 2.19. The number of aryl methyl sites for hydroxylation is 1. The predicted octanol–water partition coefficient (Wildman–Crippen LogP) is 1.88. The van der Waals surface area contributed by atoms with E-state index in [0.29, 0.717) is 6.42 Å². The third-order valence-corrected chi connectivity index (χ3v) is 3.16. The molecule has 0 saturated carbocycles. The number of carboxylic acids is 1. The van der Waals surface area contributed by atoms with Gasteiger partial charge in [0.2, 0.25) is 0 Å². The fraction of sp³-hybridized carbons (Fsp3) is 0.444. The first-order valence-electron chi connectivity index (χ1n) is 4.42. The van der Waals surface area contributed by atoms with Crippen molar-refractivity contribution in [3.63, 3.8) is 0 Å². The van der Waals surface area contributed by atoms with Crippen LogP contribution in [0, 0.1) is 12.7 Å². The summed E-state index contributed by atoms with van der Waals surface area (Å²) in [5.74, 6) is -1.50. The number of carbonyl (C=O) groups is 1. The van der Waals surface area contributed by atoms with E-state index >= 15 is 0 Å². The number of aliphatic carboxylic acids is 1. The van der Waals surface area contributed by atoms with Gasteiger partial charge in [-0.25, -0.2) is 14.4 Å². The Morgan fingerprint density at radius 3 is 2.87 bits per heavy atom. The van der Waals surface area contributed by atoms with Crippen LogP contribution in [0.4, 0.5) is 4.39 Å². The summed E-state index contributed by atoms with van der Waals surface area (Å²) >= 11 is 0.912. The van der Waals surface area contributed by atoms with Crippen LogP contribution in [0.25, 0.3) is 0 Å². The van der Waals surface area contributed by atoms with Gasteiger partial charge in [0.25, 0.3) is 0 Å². The molecule has 0 aliphatic heterocycles. The Morgan fingerprint density at radius 2 is 2.33 bits per heavy atom. The highest BCUT2D eigenvalue weighted by Crippen LogP contribution is 2.26. The van der Waals surface area contributed by atoms with Crippen molar-refractivity contribution in [3.8, 4) is 0 Å². The molecule has 1 N–H and O–H groups in total.